The highest BCUT2D eigenvalue weighted by atomic mass is 32.1. The number of nitrogens with zero attached hydrogens (tertiary/aromatic N) is 3. The molecule has 0 radical (unpaired) electrons. The van der Waals surface area contributed by atoms with Gasteiger partial charge in [-0.3, -0.25) is 9.59 Å². The molecule has 3 aromatic rings. The van der Waals surface area contributed by atoms with Gasteiger partial charge in [0.15, 0.2) is 5.52 Å². The normalized spacial score (nSPS) is 10.9. The standard InChI is InChI=1S/C17H18N4O2S/c1-3-14-19-15-16(24-14)11(2)20-21(17(15)23)10-13(22)18-9-12-7-5-4-6-8-12/h4-8H,3,9-10H2,1-2H3,(H,18,22). The van der Waals surface area contributed by atoms with Crippen molar-refractivity contribution in [3.8, 4) is 0 Å². The van der Waals surface area contributed by atoms with E-state index in [9.17, 15) is 9.59 Å². The maximum atomic E-state index is 12.5. The third-order valence-corrected chi connectivity index (χ3v) is 4.94. The van der Waals surface area contributed by atoms with Gasteiger partial charge >= 0.3 is 0 Å². The van der Waals surface area contributed by atoms with Crippen LogP contribution in [0.5, 0.6) is 0 Å². The molecule has 0 atom stereocenters. The van der Waals surface area contributed by atoms with Gasteiger partial charge in [-0.1, -0.05) is 37.3 Å². The second kappa shape index (κ2) is 6.92. The Balaban J connectivity index is 1.78. The van der Waals surface area contributed by atoms with E-state index in [2.05, 4.69) is 15.4 Å². The highest BCUT2D eigenvalue weighted by molar-refractivity contribution is 7.18. The summed E-state index contributed by atoms with van der Waals surface area (Å²) in [5, 5.41) is 7.96. The van der Waals surface area contributed by atoms with Gasteiger partial charge in [-0.25, -0.2) is 9.67 Å². The summed E-state index contributed by atoms with van der Waals surface area (Å²) >= 11 is 1.49. The fourth-order valence-electron chi connectivity index (χ4n) is 2.40. The predicted octanol–water partition coefficient (Wildman–Crippen LogP) is 2.04. The predicted molar refractivity (Wildman–Crippen MR) is 94.1 cm³/mol. The minimum atomic E-state index is -0.318. The lowest BCUT2D eigenvalue weighted by atomic mass is 10.2. The molecule has 3 rings (SSSR count). The van der Waals surface area contributed by atoms with Crippen LogP contribution in [0.4, 0.5) is 0 Å². The molecule has 0 saturated heterocycles. The van der Waals surface area contributed by atoms with Crippen molar-refractivity contribution in [3.05, 3.63) is 57.0 Å². The van der Waals surface area contributed by atoms with Gasteiger partial charge in [-0.15, -0.1) is 11.3 Å². The Morgan fingerprint density at radius 3 is 2.75 bits per heavy atom. The van der Waals surface area contributed by atoms with Crippen molar-refractivity contribution in [2.24, 2.45) is 0 Å². The van der Waals surface area contributed by atoms with E-state index in [1.54, 1.807) is 0 Å². The van der Waals surface area contributed by atoms with E-state index in [0.29, 0.717) is 12.1 Å². The summed E-state index contributed by atoms with van der Waals surface area (Å²) in [5.41, 5.74) is 1.81. The van der Waals surface area contributed by atoms with Crippen LogP contribution in [0.3, 0.4) is 0 Å². The molecule has 2 heterocycles. The molecule has 2 aromatic heterocycles. The Kier molecular flexibility index (Phi) is 4.71. The highest BCUT2D eigenvalue weighted by Crippen LogP contribution is 2.21. The molecule has 0 saturated carbocycles. The molecule has 0 aliphatic heterocycles. The summed E-state index contributed by atoms with van der Waals surface area (Å²) in [6.07, 6.45) is 0.774. The van der Waals surface area contributed by atoms with Crippen LogP contribution in [-0.2, 0) is 24.3 Å². The summed E-state index contributed by atoms with van der Waals surface area (Å²) < 4.78 is 2.00. The van der Waals surface area contributed by atoms with Crippen LogP contribution in [0.1, 0.15) is 23.2 Å². The summed E-state index contributed by atoms with van der Waals surface area (Å²) in [6.45, 7) is 4.14. The summed E-state index contributed by atoms with van der Waals surface area (Å²) in [7, 11) is 0. The Hall–Kier alpha value is -2.54. The molecule has 0 aliphatic carbocycles. The van der Waals surface area contributed by atoms with Crippen molar-refractivity contribution in [2.75, 3.05) is 0 Å². The van der Waals surface area contributed by atoms with E-state index in [1.165, 1.54) is 16.0 Å². The van der Waals surface area contributed by atoms with Gasteiger partial charge in [0.2, 0.25) is 5.91 Å². The Bertz CT molecular complexity index is 931. The quantitative estimate of drug-likeness (QED) is 0.770. The molecule has 7 heteroatoms. The van der Waals surface area contributed by atoms with Gasteiger partial charge in [0.1, 0.15) is 6.54 Å². The Morgan fingerprint density at radius 1 is 1.29 bits per heavy atom. The molecule has 1 amide bonds. The number of hydrogen-bond donors (Lipinski definition) is 1. The average molecular weight is 342 g/mol. The number of aromatic nitrogens is 3. The molecule has 0 unspecified atom stereocenters. The number of carbonyl (C=O) groups is 1. The van der Waals surface area contributed by atoms with Crippen LogP contribution >= 0.6 is 11.3 Å². The fourth-order valence-corrected chi connectivity index (χ4v) is 3.33. The molecule has 6 nitrogen and oxygen atoms in total. The number of fused-ring (bicyclic) bond motifs is 1. The first-order chi connectivity index (χ1) is 11.6. The Morgan fingerprint density at radius 2 is 2.04 bits per heavy atom. The maximum absolute atomic E-state index is 12.5. The third-order valence-electron chi connectivity index (χ3n) is 3.64. The van der Waals surface area contributed by atoms with Crippen LogP contribution in [0, 0.1) is 6.92 Å². The zero-order chi connectivity index (χ0) is 17.1. The van der Waals surface area contributed by atoms with Crippen LogP contribution in [0.2, 0.25) is 0 Å². The average Bonchev–Trinajstić information content (AvgIpc) is 3.04. The van der Waals surface area contributed by atoms with E-state index in [1.807, 2.05) is 44.2 Å². The smallest absolute Gasteiger partial charge is 0.294 e. The number of aryl methyl sites for hydroxylation is 2. The SMILES string of the molecule is CCc1nc2c(=O)n(CC(=O)NCc3ccccc3)nc(C)c2s1. The number of hydrogen-bond acceptors (Lipinski definition) is 5. The molecule has 0 spiro atoms. The fraction of sp³-hybridized carbons (Fsp3) is 0.294. The van der Waals surface area contributed by atoms with Crippen LogP contribution in [0.25, 0.3) is 10.2 Å². The van der Waals surface area contributed by atoms with Gasteiger partial charge in [0.05, 0.1) is 15.4 Å². The van der Waals surface area contributed by atoms with Crippen molar-refractivity contribution in [1.82, 2.24) is 20.1 Å². The lowest BCUT2D eigenvalue weighted by Gasteiger charge is -2.07. The Labute approximate surface area is 143 Å². The van der Waals surface area contributed by atoms with Crippen LogP contribution < -0.4 is 10.9 Å². The van der Waals surface area contributed by atoms with Gasteiger partial charge in [-0.05, 0) is 18.9 Å². The number of thiazole rings is 1. The highest BCUT2D eigenvalue weighted by Gasteiger charge is 2.15. The summed E-state index contributed by atoms with van der Waals surface area (Å²) in [5.74, 6) is -0.252. The second-order valence-corrected chi connectivity index (χ2v) is 6.53. The molecule has 1 N–H and O–H groups in total. The zero-order valence-corrected chi connectivity index (χ0v) is 14.4. The number of benzene rings is 1. The topological polar surface area (TPSA) is 76.9 Å². The number of amides is 1. The largest absolute Gasteiger partial charge is 0.350 e. The van der Waals surface area contributed by atoms with E-state index in [0.717, 1.165) is 27.4 Å². The van der Waals surface area contributed by atoms with Crippen LogP contribution in [-0.4, -0.2) is 20.7 Å². The summed E-state index contributed by atoms with van der Waals surface area (Å²) in [6, 6.07) is 9.62. The van der Waals surface area contributed by atoms with E-state index in [4.69, 9.17) is 0 Å². The first-order valence-corrected chi connectivity index (χ1v) is 8.58. The third kappa shape index (κ3) is 3.35. The van der Waals surface area contributed by atoms with Crippen molar-refractivity contribution in [2.45, 2.75) is 33.4 Å². The number of nitrogens with one attached hydrogen (secondary N) is 1. The second-order valence-electron chi connectivity index (χ2n) is 5.45. The van der Waals surface area contributed by atoms with E-state index < -0.39 is 0 Å². The molecule has 124 valence electrons. The molecule has 1 aromatic carbocycles. The summed E-state index contributed by atoms with van der Waals surface area (Å²) in [4.78, 5) is 29.0. The monoisotopic (exact) mass is 342 g/mol. The van der Waals surface area contributed by atoms with Crippen molar-refractivity contribution in [1.29, 1.82) is 0 Å². The lowest BCUT2D eigenvalue weighted by molar-refractivity contribution is -0.122. The van der Waals surface area contributed by atoms with Gasteiger partial charge in [0.25, 0.3) is 5.56 Å². The minimum Gasteiger partial charge on any atom is -0.350 e. The van der Waals surface area contributed by atoms with Gasteiger partial charge < -0.3 is 5.32 Å². The minimum absolute atomic E-state index is 0.110. The maximum Gasteiger partial charge on any atom is 0.294 e. The molecular weight excluding hydrogens is 324 g/mol. The van der Waals surface area contributed by atoms with Crippen molar-refractivity contribution < 1.29 is 4.79 Å². The number of carbonyl (C=O) groups excluding carboxylic acids is 1. The first kappa shape index (κ1) is 16.3. The first-order valence-electron chi connectivity index (χ1n) is 7.76. The van der Waals surface area contributed by atoms with Crippen molar-refractivity contribution >= 4 is 27.5 Å². The zero-order valence-electron chi connectivity index (χ0n) is 13.6. The molecule has 0 bridgehead atoms. The van der Waals surface area contributed by atoms with E-state index >= 15 is 0 Å². The van der Waals surface area contributed by atoms with Gasteiger partial charge in [-0.2, -0.15) is 5.10 Å². The lowest BCUT2D eigenvalue weighted by Crippen LogP contribution is -2.33. The molecule has 0 fully saturated rings. The van der Waals surface area contributed by atoms with Crippen molar-refractivity contribution in [3.63, 3.8) is 0 Å². The molecule has 0 aliphatic rings. The van der Waals surface area contributed by atoms with Gasteiger partial charge in [0, 0.05) is 6.54 Å². The molecule has 24 heavy (non-hydrogen) atoms. The van der Waals surface area contributed by atoms with Crippen LogP contribution in [0.15, 0.2) is 35.1 Å². The van der Waals surface area contributed by atoms with E-state index in [-0.39, 0.29) is 18.0 Å². The number of rotatable bonds is 5. The molecular formula is C17H18N4O2S.